The third-order valence-electron chi connectivity index (χ3n) is 10.4. The number of anilines is 1. The van der Waals surface area contributed by atoms with Crippen LogP contribution in [-0.4, -0.2) is 96.9 Å². The van der Waals surface area contributed by atoms with E-state index in [0.29, 0.717) is 38.0 Å². The van der Waals surface area contributed by atoms with Crippen molar-refractivity contribution >= 4 is 33.4 Å². The second-order valence-corrected chi connectivity index (χ2v) is 20.0. The van der Waals surface area contributed by atoms with Gasteiger partial charge in [-0.3, -0.25) is 23.2 Å². The molecule has 0 aromatic carbocycles. The number of nitrogens with zero attached hydrogens (tertiary/aromatic N) is 2. The highest BCUT2D eigenvalue weighted by molar-refractivity contribution is 7.61. The van der Waals surface area contributed by atoms with Gasteiger partial charge in [0.1, 0.15) is 30.7 Å². The fourth-order valence-electron chi connectivity index (χ4n) is 6.69. The highest BCUT2D eigenvalue weighted by Crippen LogP contribution is 2.60. The van der Waals surface area contributed by atoms with E-state index in [4.69, 9.17) is 29.0 Å². The number of esters is 2. The first-order chi connectivity index (χ1) is 31.9. The van der Waals surface area contributed by atoms with Gasteiger partial charge in [-0.25, -0.2) is 13.9 Å². The zero-order chi connectivity index (χ0) is 49.5. The zero-order valence-corrected chi connectivity index (χ0v) is 41.3. The van der Waals surface area contributed by atoms with Gasteiger partial charge in [-0.05, 0) is 56.9 Å². The number of nitrogen functional groups attached to an aromatic ring is 1. The normalized spacial score (nSPS) is 20.6. The Morgan fingerprint density at radius 3 is 2.19 bits per heavy atom. The molecule has 0 radical (unpaired) electrons. The van der Waals surface area contributed by atoms with Crippen LogP contribution in [0, 0.1) is 5.92 Å². The number of carbonyl (C=O) groups is 2. The molecule has 1 fully saturated rings. The summed E-state index contributed by atoms with van der Waals surface area (Å²) in [7, 11) is -10.9. The Morgan fingerprint density at radius 1 is 0.836 bits per heavy atom. The van der Waals surface area contributed by atoms with Gasteiger partial charge in [-0.1, -0.05) is 134 Å². The Bertz CT molecular complexity index is 1840. The maximum absolute atomic E-state index is 12.8. The molecule has 0 spiro atoms. The molecular weight excluding hydrogens is 912 g/mol. The number of aliphatic hydroxyl groups excluding tert-OH is 3. The summed E-state index contributed by atoms with van der Waals surface area (Å²) in [6.07, 6.45) is 24.1. The molecule has 67 heavy (non-hydrogen) atoms. The number of phosphoric acid groups is 2. The molecule has 19 nitrogen and oxygen atoms in total. The summed E-state index contributed by atoms with van der Waals surface area (Å²) in [4.78, 5) is 61.7. The lowest BCUT2D eigenvalue weighted by molar-refractivity contribution is -0.161. The van der Waals surface area contributed by atoms with Gasteiger partial charge in [0.25, 0.3) is 0 Å². The first-order valence-corrected chi connectivity index (χ1v) is 26.6. The van der Waals surface area contributed by atoms with Crippen LogP contribution in [0.4, 0.5) is 5.82 Å². The highest BCUT2D eigenvalue weighted by atomic mass is 31.3. The molecule has 21 heteroatoms. The van der Waals surface area contributed by atoms with Gasteiger partial charge < -0.3 is 45.1 Å². The molecule has 0 saturated carbocycles. The zero-order valence-electron chi connectivity index (χ0n) is 39.5. The Morgan fingerprint density at radius 2 is 1.49 bits per heavy atom. The second-order valence-electron chi connectivity index (χ2n) is 16.9. The fourth-order valence-corrected chi connectivity index (χ4v) is 8.80. The Hall–Kier alpha value is -3.32. The van der Waals surface area contributed by atoms with Gasteiger partial charge in [0.2, 0.25) is 0 Å². The van der Waals surface area contributed by atoms with Crippen molar-refractivity contribution in [1.82, 2.24) is 9.55 Å². The van der Waals surface area contributed by atoms with Crippen molar-refractivity contribution in [3.05, 3.63) is 71.4 Å². The van der Waals surface area contributed by atoms with E-state index >= 15 is 0 Å². The predicted molar refractivity (Wildman–Crippen MR) is 253 cm³/mol. The molecule has 1 aromatic rings. The molecule has 382 valence electrons. The van der Waals surface area contributed by atoms with Crippen LogP contribution in [0.1, 0.15) is 149 Å². The van der Waals surface area contributed by atoms with E-state index in [-0.39, 0.29) is 18.7 Å². The van der Waals surface area contributed by atoms with Gasteiger partial charge in [0.05, 0.1) is 19.3 Å². The molecule has 1 saturated heterocycles. The highest BCUT2D eigenvalue weighted by Gasteiger charge is 2.46. The molecule has 1 aliphatic heterocycles. The van der Waals surface area contributed by atoms with Crippen molar-refractivity contribution in [2.24, 2.45) is 5.92 Å². The first kappa shape index (κ1) is 59.8. The van der Waals surface area contributed by atoms with E-state index in [2.05, 4.69) is 36.1 Å². The number of aliphatic hydroxyl groups is 3. The van der Waals surface area contributed by atoms with Crippen molar-refractivity contribution in [2.45, 2.75) is 180 Å². The minimum Gasteiger partial charge on any atom is -0.462 e. The molecule has 2 heterocycles. The van der Waals surface area contributed by atoms with Gasteiger partial charge >= 0.3 is 33.3 Å². The number of allylic oxidation sites excluding steroid dienone is 6. The number of nitrogens with two attached hydrogens (primary N) is 1. The summed E-state index contributed by atoms with van der Waals surface area (Å²) < 4.78 is 56.5. The summed E-state index contributed by atoms with van der Waals surface area (Å²) in [5, 5.41) is 30.9. The Kier molecular flexibility index (Phi) is 30.4. The van der Waals surface area contributed by atoms with Crippen LogP contribution >= 0.6 is 15.6 Å². The number of unbranched alkanes of at least 4 members (excludes halogenated alkanes) is 11. The van der Waals surface area contributed by atoms with Gasteiger partial charge in [-0.2, -0.15) is 9.29 Å². The van der Waals surface area contributed by atoms with Crippen LogP contribution in [0.5, 0.6) is 0 Å². The molecule has 0 aliphatic carbocycles. The van der Waals surface area contributed by atoms with Crippen LogP contribution in [0.3, 0.4) is 0 Å². The van der Waals surface area contributed by atoms with Gasteiger partial charge in [-0.15, -0.1) is 0 Å². The van der Waals surface area contributed by atoms with Crippen LogP contribution in [0.2, 0.25) is 0 Å². The minimum atomic E-state index is -5.44. The average molecular weight is 990 g/mol. The molecule has 0 amide bonds. The van der Waals surface area contributed by atoms with Crippen molar-refractivity contribution in [3.8, 4) is 0 Å². The predicted octanol–water partition coefficient (Wildman–Crippen LogP) is 7.82. The van der Waals surface area contributed by atoms with Crippen LogP contribution in [0.15, 0.2) is 65.7 Å². The van der Waals surface area contributed by atoms with E-state index in [1.807, 2.05) is 30.4 Å². The number of aromatic nitrogens is 2. The monoisotopic (exact) mass is 989 g/mol. The lowest BCUT2D eigenvalue weighted by atomic mass is 10.0. The molecule has 1 aromatic heterocycles. The van der Waals surface area contributed by atoms with Crippen LogP contribution in [0.25, 0.3) is 0 Å². The van der Waals surface area contributed by atoms with Crippen molar-refractivity contribution in [3.63, 3.8) is 0 Å². The Balaban J connectivity index is 1.87. The lowest BCUT2D eigenvalue weighted by Crippen LogP contribution is -2.36. The summed E-state index contributed by atoms with van der Waals surface area (Å²) in [5.74, 6) is -0.702. The first-order valence-electron chi connectivity index (χ1n) is 23.6. The van der Waals surface area contributed by atoms with E-state index in [1.165, 1.54) is 44.6 Å². The van der Waals surface area contributed by atoms with E-state index < -0.39 is 89.8 Å². The van der Waals surface area contributed by atoms with Crippen molar-refractivity contribution in [2.75, 3.05) is 25.6 Å². The summed E-state index contributed by atoms with van der Waals surface area (Å²) in [6, 6.07) is 1.24. The molecule has 2 rings (SSSR count). The topological polar surface area (TPSA) is 286 Å². The van der Waals surface area contributed by atoms with Gasteiger partial charge in [0, 0.05) is 19.0 Å². The van der Waals surface area contributed by atoms with Crippen LogP contribution in [-0.2, 0) is 46.3 Å². The maximum Gasteiger partial charge on any atom is 0.481 e. The summed E-state index contributed by atoms with van der Waals surface area (Å²) in [6.45, 7) is 4.21. The van der Waals surface area contributed by atoms with Crippen molar-refractivity contribution < 1.29 is 71.4 Å². The second kappa shape index (κ2) is 34.1. The fraction of sp³-hybridized carbons (Fsp3) is 0.696. The Labute approximate surface area is 395 Å². The third kappa shape index (κ3) is 28.1. The number of carbonyl (C=O) groups excluding carboxylic acids is 2. The molecule has 1 aliphatic rings. The molecule has 8 atom stereocenters. The smallest absolute Gasteiger partial charge is 0.462 e. The molecule has 2 unspecified atom stereocenters. The largest absolute Gasteiger partial charge is 0.481 e. The number of ether oxygens (including phenoxy) is 3. The quantitative estimate of drug-likeness (QED) is 0.0122. The maximum atomic E-state index is 12.8. The van der Waals surface area contributed by atoms with Crippen molar-refractivity contribution in [1.29, 1.82) is 0 Å². The molecule has 0 bridgehead atoms. The van der Waals surface area contributed by atoms with Gasteiger partial charge in [0.15, 0.2) is 12.3 Å². The SMILES string of the molecule is CCCCC/C=C\C[C@H](O)/C=C/C=C\C/C=C\CCCC(=O)O[C@H](COC(=O)CCCCCCCCCCC(C)C)COP(=O)(O)OP(=O)(O)OC[C@H]1O[C@@H](n2ccc(N)nc2=O)[C@H](O)[C@@H]1O. The average Bonchev–Trinajstić information content (AvgIpc) is 3.54. The van der Waals surface area contributed by atoms with E-state index in [9.17, 15) is 48.6 Å². The van der Waals surface area contributed by atoms with E-state index in [1.54, 1.807) is 12.2 Å². The minimum absolute atomic E-state index is 0.0584. The number of hydrogen-bond acceptors (Lipinski definition) is 16. The lowest BCUT2D eigenvalue weighted by Gasteiger charge is -2.21. The van der Waals surface area contributed by atoms with Crippen LogP contribution < -0.4 is 11.4 Å². The third-order valence-corrected chi connectivity index (χ3v) is 13.0. The van der Waals surface area contributed by atoms with E-state index in [0.717, 1.165) is 49.3 Å². The number of phosphoric ester groups is 2. The standard InChI is InChI=1S/C46H77N3O16P2/c1-4-5-6-7-17-22-27-37(50)28-23-18-13-9-11-15-20-25-30-42(52)63-38(33-60-41(51)29-24-19-14-10-8-12-16-21-26-36(2)3)34-61-66(56,57)65-67(58,59)62-35-39-43(53)44(54)45(64-39)49-32-31-40(47)48-46(49)55/h11,13,15,17-18,22-23,28,31-32,36-39,43-45,50,53-54H,4-10,12,14,16,19-21,24-27,29-30,33-35H2,1-3H3,(H,56,57)(H,58,59)(H2,47,48,55)/b15-11-,18-13-,22-17-,28-23+/t37-,38+,39+,43+,44+,45+/m0/s1. The summed E-state index contributed by atoms with van der Waals surface area (Å²) >= 11 is 0. The number of hydrogen-bond donors (Lipinski definition) is 6. The number of rotatable bonds is 37. The summed E-state index contributed by atoms with van der Waals surface area (Å²) in [5.41, 5.74) is 4.57. The molecule has 7 N–H and O–H groups in total. The molecular formula is C46H77N3O16P2.